The maximum absolute atomic E-state index is 13.8. The molecule has 0 spiro atoms. The molecule has 0 amide bonds. The molecule has 2 aliphatic rings. The number of fused-ring (bicyclic) bond motifs is 2. The van der Waals surface area contributed by atoms with Gasteiger partial charge in [0, 0.05) is 69.4 Å². The van der Waals surface area contributed by atoms with Crippen LogP contribution in [0.25, 0.3) is 0 Å². The van der Waals surface area contributed by atoms with Crippen LogP contribution in [0.5, 0.6) is 0 Å². The Labute approximate surface area is 474 Å². The van der Waals surface area contributed by atoms with Gasteiger partial charge in [0.1, 0.15) is 24.7 Å². The molecular formula is C59H103N3O18. The smallest absolute Gasteiger partial charge is 0.317 e. The summed E-state index contributed by atoms with van der Waals surface area (Å²) >= 11 is 0. The molecule has 2 heterocycles. The van der Waals surface area contributed by atoms with E-state index in [1.54, 1.807) is 59.9 Å². The van der Waals surface area contributed by atoms with Gasteiger partial charge in [-0.25, -0.2) is 0 Å². The van der Waals surface area contributed by atoms with Crippen LogP contribution in [0.3, 0.4) is 0 Å². The van der Waals surface area contributed by atoms with E-state index in [4.69, 9.17) is 19.9 Å². The first-order valence-electron chi connectivity index (χ1n) is 29.0. The predicted molar refractivity (Wildman–Crippen MR) is 302 cm³/mol. The number of nitrogens with one attached hydrogen (secondary N) is 1. The number of allylic oxidation sites excluding steroid dienone is 4. The lowest BCUT2D eigenvalue weighted by Gasteiger charge is -2.45. The van der Waals surface area contributed by atoms with Gasteiger partial charge in [-0.2, -0.15) is 0 Å². The second kappa shape index (κ2) is 36.7. The number of nitrogens with two attached hydrogens (primary N) is 1. The maximum atomic E-state index is 13.8. The molecule has 1 fully saturated rings. The number of ether oxygens (including phenoxy) is 3. The first-order valence-corrected chi connectivity index (χ1v) is 29.0. The van der Waals surface area contributed by atoms with Gasteiger partial charge >= 0.3 is 17.9 Å². The second-order valence-corrected chi connectivity index (χ2v) is 23.4. The van der Waals surface area contributed by atoms with E-state index in [-0.39, 0.29) is 62.7 Å². The highest BCUT2D eigenvalue weighted by molar-refractivity contribution is 5.90. The van der Waals surface area contributed by atoms with Gasteiger partial charge in [0.05, 0.1) is 67.0 Å². The summed E-state index contributed by atoms with van der Waals surface area (Å²) < 4.78 is 17.5. The molecule has 2 aliphatic heterocycles. The molecule has 0 aromatic rings. The number of nitrogens with zero attached hydrogens (tertiary/aromatic N) is 1. The minimum atomic E-state index is -2.54. The van der Waals surface area contributed by atoms with Crippen LogP contribution in [0.1, 0.15) is 152 Å². The molecule has 2 rings (SSSR count). The van der Waals surface area contributed by atoms with E-state index < -0.39 is 145 Å². The van der Waals surface area contributed by atoms with E-state index in [1.165, 1.54) is 12.2 Å². The fourth-order valence-corrected chi connectivity index (χ4v) is 10.3. The van der Waals surface area contributed by atoms with Crippen LogP contribution in [-0.4, -0.2) is 184 Å². The number of aliphatic carboxylic acids is 1. The standard InChI is InChI=1S/C59H103N3O18/c1-34(18-14-12-10-11-13-17-25-62-58(60)61-9)26-38(5)55-37(4)19-15-16-20-45(64)39(6)49(68)28-42(63)27-43(78-54(74)32-53(72)73)29-44-30-51(70)56(75)59(77,80-44)33-52(71)36(3)22-23-46(65)40(7)50(69)31-48(67)35(2)21-24-47(66)41(8)57(76)79-55/h10-11,15-16,19-21,24,34-52,55-56,63-71,75,77H,12-14,17-18,22-23,25-33H2,1-9H3,(H,72,73)(H3,60,61,62)/b11-10+,19-15-,20-16-,24-21-/t34-,35-,36-,37-,38-,39+,40+,41+,42-,43-,44+,45+,46-,47+,48+,49+,50-,51-,52+,55-,56+,59-/m0/s1. The summed E-state index contributed by atoms with van der Waals surface area (Å²) in [5.74, 6) is -9.43. The Bertz CT molecular complexity index is 1960. The number of aliphatic hydroxyl groups is 11. The van der Waals surface area contributed by atoms with Gasteiger partial charge in [-0.15, -0.1) is 0 Å². The van der Waals surface area contributed by atoms with Gasteiger partial charge in [0.2, 0.25) is 0 Å². The number of hydrogen-bond donors (Lipinski definition) is 14. The van der Waals surface area contributed by atoms with Crippen molar-refractivity contribution in [3.05, 3.63) is 48.6 Å². The van der Waals surface area contributed by atoms with Crippen LogP contribution < -0.4 is 11.1 Å². The summed E-state index contributed by atoms with van der Waals surface area (Å²) in [4.78, 5) is 41.7. The zero-order chi connectivity index (χ0) is 60.4. The third-order valence-corrected chi connectivity index (χ3v) is 16.2. The molecule has 22 atom stereocenters. The molecule has 80 heavy (non-hydrogen) atoms. The van der Waals surface area contributed by atoms with Crippen LogP contribution in [0.4, 0.5) is 0 Å². The lowest BCUT2D eigenvalue weighted by molar-refractivity contribution is -0.333. The Hall–Kier alpha value is -3.84. The van der Waals surface area contributed by atoms with Gasteiger partial charge in [-0.1, -0.05) is 103 Å². The molecule has 0 aliphatic carbocycles. The molecule has 0 saturated carbocycles. The normalized spacial score (nSPS) is 38.9. The fraction of sp³-hybridized carbons (Fsp3) is 0.797. The van der Waals surface area contributed by atoms with E-state index in [2.05, 4.69) is 29.4 Å². The second-order valence-electron chi connectivity index (χ2n) is 23.4. The van der Waals surface area contributed by atoms with Crippen LogP contribution in [0.2, 0.25) is 0 Å². The van der Waals surface area contributed by atoms with Gasteiger partial charge in [-0.05, 0) is 76.0 Å². The van der Waals surface area contributed by atoms with E-state index in [1.807, 2.05) is 19.9 Å². The number of rotatable bonds is 14. The van der Waals surface area contributed by atoms with Crippen molar-refractivity contribution in [3.63, 3.8) is 0 Å². The molecule has 2 bridgehead atoms. The van der Waals surface area contributed by atoms with Gasteiger partial charge < -0.3 is 86.5 Å². The molecule has 21 nitrogen and oxygen atoms in total. The zero-order valence-electron chi connectivity index (χ0n) is 48.9. The topological polar surface area (TPSA) is 372 Å². The Morgan fingerprint density at radius 3 is 2.05 bits per heavy atom. The van der Waals surface area contributed by atoms with E-state index >= 15 is 0 Å². The van der Waals surface area contributed by atoms with Crippen molar-refractivity contribution in [1.82, 2.24) is 5.32 Å². The van der Waals surface area contributed by atoms with E-state index in [0.29, 0.717) is 5.96 Å². The predicted octanol–water partition coefficient (Wildman–Crippen LogP) is 3.30. The van der Waals surface area contributed by atoms with Crippen molar-refractivity contribution in [2.45, 2.75) is 237 Å². The molecule has 1 saturated heterocycles. The van der Waals surface area contributed by atoms with Crippen LogP contribution in [0, 0.1) is 47.3 Å². The molecule has 15 N–H and O–H groups in total. The van der Waals surface area contributed by atoms with Gasteiger partial charge in [0.15, 0.2) is 11.7 Å². The fourth-order valence-electron chi connectivity index (χ4n) is 10.3. The Morgan fingerprint density at radius 1 is 0.762 bits per heavy atom. The lowest BCUT2D eigenvalue weighted by Crippen LogP contribution is -2.60. The zero-order valence-corrected chi connectivity index (χ0v) is 48.9. The first-order chi connectivity index (χ1) is 37.5. The number of carboxylic acid groups (broad SMARTS) is 1. The number of carbonyl (C=O) groups is 3. The van der Waals surface area contributed by atoms with Crippen LogP contribution in [-0.2, 0) is 28.6 Å². The summed E-state index contributed by atoms with van der Waals surface area (Å²) in [6, 6.07) is 0. The Kier molecular flexibility index (Phi) is 33.1. The first kappa shape index (κ1) is 72.3. The van der Waals surface area contributed by atoms with Gasteiger partial charge in [-0.3, -0.25) is 19.4 Å². The average Bonchev–Trinajstić information content (AvgIpc) is 3.38. The van der Waals surface area contributed by atoms with Crippen molar-refractivity contribution in [2.24, 2.45) is 58.1 Å². The highest BCUT2D eigenvalue weighted by Crippen LogP contribution is 2.36. The number of cyclic esters (lactones) is 1. The van der Waals surface area contributed by atoms with Crippen molar-refractivity contribution >= 4 is 23.9 Å². The Morgan fingerprint density at radius 2 is 1.40 bits per heavy atom. The van der Waals surface area contributed by atoms with E-state index in [0.717, 1.165) is 45.1 Å². The Balaban J connectivity index is 2.43. The SMILES string of the molecule is CN=C(N)NCCC/C=C/CCC[C@H](C)C[C@H](C)[C@H]1OC(=O)[C@H](C)[C@H](O)/C=C\[C@H](C)[C@H](O)C[C@H](O)[C@H](C)[C@@H](O)CC[C@H](C)[C@H](O)C[C@]2(O)O[C@H](C[C@@H](OC(=O)CC(=O)O)C[C@H](O)C[C@@H](O)[C@H](C)[C@H](O)/C=C\C=C/[C@@H]1C)C[C@H](O)[C@H]2O. The lowest BCUT2D eigenvalue weighted by atomic mass is 9.83. The highest BCUT2D eigenvalue weighted by Gasteiger charge is 2.50. The number of unbranched alkanes of at least 4 members (excludes halogenated alkanes) is 2. The van der Waals surface area contributed by atoms with Gasteiger partial charge in [0.25, 0.3) is 0 Å². The van der Waals surface area contributed by atoms with Crippen LogP contribution >= 0.6 is 0 Å². The monoisotopic (exact) mass is 1140 g/mol. The molecular weight excluding hydrogens is 1040 g/mol. The number of hydrogen-bond acceptors (Lipinski definition) is 18. The summed E-state index contributed by atoms with van der Waals surface area (Å²) in [5, 5.41) is 135. The highest BCUT2D eigenvalue weighted by atomic mass is 16.7. The van der Waals surface area contributed by atoms with Crippen molar-refractivity contribution in [2.75, 3.05) is 13.6 Å². The van der Waals surface area contributed by atoms with E-state index in [9.17, 15) is 75.7 Å². The molecule has 21 heteroatoms. The molecule has 0 aromatic heterocycles. The van der Waals surface area contributed by atoms with Crippen molar-refractivity contribution in [3.8, 4) is 0 Å². The number of carboxylic acids is 1. The maximum Gasteiger partial charge on any atom is 0.317 e. The third-order valence-electron chi connectivity index (χ3n) is 16.2. The number of guanidine groups is 1. The molecule has 0 unspecified atom stereocenters. The summed E-state index contributed by atoms with van der Waals surface area (Å²) in [6.07, 6.45) is -0.165. The summed E-state index contributed by atoms with van der Waals surface area (Å²) in [5.41, 5.74) is 5.68. The summed E-state index contributed by atoms with van der Waals surface area (Å²) in [6.45, 7) is 14.8. The number of aliphatic hydroxyl groups excluding tert-OH is 10. The molecule has 0 radical (unpaired) electrons. The van der Waals surface area contributed by atoms with Crippen molar-refractivity contribution in [1.29, 1.82) is 0 Å². The summed E-state index contributed by atoms with van der Waals surface area (Å²) in [7, 11) is 1.63. The minimum Gasteiger partial charge on any atom is -0.481 e. The molecule has 0 aromatic carbocycles. The number of aliphatic imine (C=N–C) groups is 1. The minimum absolute atomic E-state index is 0.0716. The van der Waals surface area contributed by atoms with Crippen molar-refractivity contribution < 1.29 is 89.9 Å². The average molecular weight is 1140 g/mol. The number of carbonyl (C=O) groups excluding carboxylic acids is 2. The molecule has 462 valence electrons. The number of esters is 2. The largest absolute Gasteiger partial charge is 0.481 e. The quantitative estimate of drug-likeness (QED) is 0.0296. The van der Waals surface area contributed by atoms with Crippen LogP contribution in [0.15, 0.2) is 53.6 Å². The third kappa shape index (κ3) is 26.2.